The molecule has 2 fully saturated rings. The summed E-state index contributed by atoms with van der Waals surface area (Å²) in [5.74, 6) is -1.14. The Hall–Kier alpha value is -3.01. The number of carbonyl (C=O) groups is 3. The standard InChI is InChI=1S/C19H22N4O6/c1-3-6-22-17(25)19(16(24)20(2)18(22)26)10-12-9-13(23(27)28)4-5-14(12)21-7-8-29-11-15(19)21/h4-5,9,15H,3,6-8,10-11H2,1-2H3/t15-,19-/m0/s1. The summed E-state index contributed by atoms with van der Waals surface area (Å²) in [6.45, 7) is 3.07. The third-order valence-electron chi connectivity index (χ3n) is 6.03. The predicted octanol–water partition coefficient (Wildman–Crippen LogP) is 1.17. The van der Waals surface area contributed by atoms with Gasteiger partial charge in [0.15, 0.2) is 5.41 Å². The molecule has 4 rings (SSSR count). The van der Waals surface area contributed by atoms with E-state index in [1.165, 1.54) is 19.2 Å². The third kappa shape index (κ3) is 2.62. The van der Waals surface area contributed by atoms with Crippen molar-refractivity contribution in [1.29, 1.82) is 0 Å². The van der Waals surface area contributed by atoms with Crippen molar-refractivity contribution in [2.75, 3.05) is 38.3 Å². The van der Waals surface area contributed by atoms with Gasteiger partial charge in [-0.05, 0) is 18.1 Å². The molecule has 0 radical (unpaired) electrons. The second-order valence-corrected chi connectivity index (χ2v) is 7.61. The van der Waals surface area contributed by atoms with E-state index >= 15 is 0 Å². The molecule has 4 amide bonds. The molecule has 0 bridgehead atoms. The maximum absolute atomic E-state index is 13.6. The van der Waals surface area contributed by atoms with Crippen molar-refractivity contribution in [2.45, 2.75) is 25.8 Å². The third-order valence-corrected chi connectivity index (χ3v) is 6.03. The zero-order chi connectivity index (χ0) is 20.9. The first-order valence-electron chi connectivity index (χ1n) is 9.58. The summed E-state index contributed by atoms with van der Waals surface area (Å²) in [5, 5.41) is 11.3. The number of morpholine rings is 1. The van der Waals surface area contributed by atoms with Crippen molar-refractivity contribution < 1.29 is 24.0 Å². The highest BCUT2D eigenvalue weighted by molar-refractivity contribution is 6.20. The fraction of sp³-hybridized carbons (Fsp3) is 0.526. The quantitative estimate of drug-likeness (QED) is 0.424. The van der Waals surface area contributed by atoms with Crippen LogP contribution < -0.4 is 4.90 Å². The molecule has 29 heavy (non-hydrogen) atoms. The van der Waals surface area contributed by atoms with Gasteiger partial charge in [-0.2, -0.15) is 0 Å². The second kappa shape index (κ2) is 6.80. The van der Waals surface area contributed by atoms with Crippen LogP contribution in [-0.4, -0.2) is 72.0 Å². The zero-order valence-corrected chi connectivity index (χ0v) is 16.3. The van der Waals surface area contributed by atoms with Gasteiger partial charge in [0.1, 0.15) is 0 Å². The SMILES string of the molecule is CCCN1C(=O)N(C)C(=O)[C@@]2(Cc3cc([N+](=O)[O-])ccc3N3CCOC[C@H]32)C1=O. The smallest absolute Gasteiger partial charge is 0.333 e. The molecule has 0 N–H and O–H groups in total. The maximum atomic E-state index is 13.6. The van der Waals surface area contributed by atoms with E-state index in [-0.39, 0.29) is 25.3 Å². The summed E-state index contributed by atoms with van der Waals surface area (Å²) in [4.78, 5) is 54.4. The van der Waals surface area contributed by atoms with Gasteiger partial charge in [0.25, 0.3) is 5.69 Å². The molecule has 0 aliphatic carbocycles. The Morgan fingerprint density at radius 3 is 2.72 bits per heavy atom. The number of nitro groups is 1. The van der Waals surface area contributed by atoms with Crippen molar-refractivity contribution in [3.8, 4) is 0 Å². The number of nitro benzene ring substituents is 1. The Morgan fingerprint density at radius 2 is 2.03 bits per heavy atom. The van der Waals surface area contributed by atoms with Crippen molar-refractivity contribution in [3.05, 3.63) is 33.9 Å². The minimum Gasteiger partial charge on any atom is -0.377 e. The molecule has 10 heteroatoms. The van der Waals surface area contributed by atoms with Gasteiger partial charge in [0, 0.05) is 44.4 Å². The van der Waals surface area contributed by atoms with E-state index in [2.05, 4.69) is 0 Å². The molecule has 154 valence electrons. The van der Waals surface area contributed by atoms with Gasteiger partial charge in [0.05, 0.1) is 24.2 Å². The van der Waals surface area contributed by atoms with Crippen molar-refractivity contribution in [3.63, 3.8) is 0 Å². The van der Waals surface area contributed by atoms with Crippen LogP contribution in [0.25, 0.3) is 0 Å². The molecule has 0 saturated carbocycles. The minimum absolute atomic E-state index is 0.00988. The Morgan fingerprint density at radius 1 is 1.28 bits per heavy atom. The number of anilines is 1. The lowest BCUT2D eigenvalue weighted by Gasteiger charge is -2.54. The summed E-state index contributed by atoms with van der Waals surface area (Å²) < 4.78 is 5.62. The second-order valence-electron chi connectivity index (χ2n) is 7.61. The van der Waals surface area contributed by atoms with Gasteiger partial charge in [-0.15, -0.1) is 0 Å². The molecule has 0 unspecified atom stereocenters. The molecule has 1 spiro atoms. The lowest BCUT2D eigenvalue weighted by atomic mass is 9.68. The van der Waals surface area contributed by atoms with Crippen molar-refractivity contribution in [2.24, 2.45) is 5.41 Å². The molecule has 0 aromatic heterocycles. The van der Waals surface area contributed by atoms with E-state index in [1.54, 1.807) is 6.07 Å². The van der Waals surface area contributed by atoms with Crippen LogP contribution in [0.5, 0.6) is 0 Å². The zero-order valence-electron chi connectivity index (χ0n) is 16.3. The number of barbiturate groups is 1. The molecular formula is C19H22N4O6. The number of hydrogen-bond acceptors (Lipinski definition) is 7. The first kappa shape index (κ1) is 19.3. The van der Waals surface area contributed by atoms with E-state index in [9.17, 15) is 24.5 Å². The number of amides is 4. The average Bonchev–Trinajstić information content (AvgIpc) is 2.73. The van der Waals surface area contributed by atoms with Gasteiger partial charge >= 0.3 is 6.03 Å². The van der Waals surface area contributed by atoms with Gasteiger partial charge < -0.3 is 9.64 Å². The molecule has 3 heterocycles. The van der Waals surface area contributed by atoms with Crippen LogP contribution in [0.1, 0.15) is 18.9 Å². The van der Waals surface area contributed by atoms with Crippen LogP contribution in [0.15, 0.2) is 18.2 Å². The van der Waals surface area contributed by atoms with Gasteiger partial charge in [-0.25, -0.2) is 4.79 Å². The summed E-state index contributed by atoms with van der Waals surface area (Å²) in [6, 6.07) is 3.28. The first-order valence-corrected chi connectivity index (χ1v) is 9.58. The molecule has 10 nitrogen and oxygen atoms in total. The predicted molar refractivity (Wildman–Crippen MR) is 101 cm³/mol. The van der Waals surface area contributed by atoms with Crippen LogP contribution in [0.4, 0.5) is 16.2 Å². The lowest BCUT2D eigenvalue weighted by molar-refractivity contribution is -0.384. The number of urea groups is 1. The number of fused-ring (bicyclic) bond motifs is 4. The first-order chi connectivity index (χ1) is 13.8. The number of nitrogens with zero attached hydrogens (tertiary/aromatic N) is 4. The molecule has 1 aromatic carbocycles. The number of rotatable bonds is 3. The lowest BCUT2D eigenvalue weighted by Crippen LogP contribution is -2.74. The topological polar surface area (TPSA) is 113 Å². The van der Waals surface area contributed by atoms with Crippen LogP contribution in [0, 0.1) is 15.5 Å². The molecule has 1 aromatic rings. The van der Waals surface area contributed by atoms with Crippen molar-refractivity contribution >= 4 is 29.2 Å². The highest BCUT2D eigenvalue weighted by atomic mass is 16.6. The van der Waals surface area contributed by atoms with E-state index in [0.29, 0.717) is 25.1 Å². The molecule has 3 aliphatic heterocycles. The number of ether oxygens (including phenoxy) is 1. The van der Waals surface area contributed by atoms with Gasteiger partial charge in [0.2, 0.25) is 11.8 Å². The summed E-state index contributed by atoms with van der Waals surface area (Å²) in [6.07, 6.45) is 0.548. The number of benzene rings is 1. The summed E-state index contributed by atoms with van der Waals surface area (Å²) in [5.41, 5.74) is -0.341. The number of non-ortho nitro benzene ring substituents is 1. The van der Waals surface area contributed by atoms with E-state index in [0.717, 1.165) is 15.5 Å². The number of carbonyl (C=O) groups excluding carboxylic acids is 3. The Kier molecular flexibility index (Phi) is 4.53. The van der Waals surface area contributed by atoms with Crippen LogP contribution in [-0.2, 0) is 20.7 Å². The molecule has 2 saturated heterocycles. The molecule has 3 aliphatic rings. The Balaban J connectivity index is 1.90. The normalized spacial score (nSPS) is 26.6. The molecule has 2 atom stereocenters. The Bertz CT molecular complexity index is 918. The van der Waals surface area contributed by atoms with Gasteiger partial charge in [-0.1, -0.05) is 6.92 Å². The fourth-order valence-electron chi connectivity index (χ4n) is 4.67. The molecular weight excluding hydrogens is 380 g/mol. The monoisotopic (exact) mass is 402 g/mol. The summed E-state index contributed by atoms with van der Waals surface area (Å²) >= 11 is 0. The highest BCUT2D eigenvalue weighted by Crippen LogP contribution is 2.47. The largest absolute Gasteiger partial charge is 0.377 e. The highest BCUT2D eigenvalue weighted by Gasteiger charge is 2.64. The number of imide groups is 2. The summed E-state index contributed by atoms with van der Waals surface area (Å²) in [7, 11) is 1.37. The van der Waals surface area contributed by atoms with Gasteiger partial charge in [-0.3, -0.25) is 29.5 Å². The van der Waals surface area contributed by atoms with Crippen LogP contribution in [0.3, 0.4) is 0 Å². The Labute approximate surface area is 167 Å². The van der Waals surface area contributed by atoms with Crippen LogP contribution >= 0.6 is 0 Å². The van der Waals surface area contributed by atoms with E-state index in [1.807, 2.05) is 11.8 Å². The van der Waals surface area contributed by atoms with E-state index in [4.69, 9.17) is 4.74 Å². The maximum Gasteiger partial charge on any atom is 0.333 e. The van der Waals surface area contributed by atoms with E-state index < -0.39 is 34.2 Å². The average molecular weight is 402 g/mol. The fourth-order valence-corrected chi connectivity index (χ4v) is 4.67. The minimum atomic E-state index is -1.56. The number of hydrogen-bond donors (Lipinski definition) is 0. The van der Waals surface area contributed by atoms with Crippen molar-refractivity contribution in [1.82, 2.24) is 9.80 Å². The van der Waals surface area contributed by atoms with Crippen LogP contribution in [0.2, 0.25) is 0 Å².